The molecule has 1 aliphatic rings. The molecular formula is C11H14ClF3N2. The van der Waals surface area contributed by atoms with Crippen LogP contribution in [-0.2, 0) is 6.54 Å². The highest BCUT2D eigenvalue weighted by Crippen LogP contribution is 2.17. The van der Waals surface area contributed by atoms with Gasteiger partial charge in [0.15, 0.2) is 17.5 Å². The number of benzene rings is 1. The van der Waals surface area contributed by atoms with E-state index in [1.807, 2.05) is 4.90 Å². The van der Waals surface area contributed by atoms with Gasteiger partial charge in [0.25, 0.3) is 0 Å². The molecular weight excluding hydrogens is 253 g/mol. The lowest BCUT2D eigenvalue weighted by atomic mass is 10.2. The summed E-state index contributed by atoms with van der Waals surface area (Å²) in [5.41, 5.74) is 6.15. The summed E-state index contributed by atoms with van der Waals surface area (Å²) in [6.45, 7) is 1.92. The van der Waals surface area contributed by atoms with Gasteiger partial charge < -0.3 is 5.73 Å². The molecule has 0 saturated carbocycles. The highest BCUT2D eigenvalue weighted by atomic mass is 35.5. The second-order valence-electron chi connectivity index (χ2n) is 4.16. The standard InChI is InChI=1S/C11H13F3N2.ClH/c12-9-3-7(4-10(13)11(9)14)5-16-2-1-8(15)6-16;/h3-4,8H,1-2,5-6,15H2;1H. The van der Waals surface area contributed by atoms with Gasteiger partial charge in [0, 0.05) is 25.7 Å². The summed E-state index contributed by atoms with van der Waals surface area (Å²) < 4.78 is 38.6. The zero-order valence-corrected chi connectivity index (χ0v) is 9.94. The Balaban J connectivity index is 0.00000144. The van der Waals surface area contributed by atoms with E-state index in [1.165, 1.54) is 0 Å². The lowest BCUT2D eigenvalue weighted by Crippen LogP contribution is -2.26. The van der Waals surface area contributed by atoms with Crippen molar-refractivity contribution >= 4 is 12.4 Å². The first kappa shape index (κ1) is 14.3. The molecule has 2 nitrogen and oxygen atoms in total. The monoisotopic (exact) mass is 266 g/mol. The number of rotatable bonds is 2. The fourth-order valence-corrected chi connectivity index (χ4v) is 1.96. The van der Waals surface area contributed by atoms with Gasteiger partial charge >= 0.3 is 0 Å². The van der Waals surface area contributed by atoms with Crippen molar-refractivity contribution in [3.8, 4) is 0 Å². The minimum Gasteiger partial charge on any atom is -0.326 e. The SMILES string of the molecule is Cl.NC1CCN(Cc2cc(F)c(F)c(F)c2)C1. The van der Waals surface area contributed by atoms with E-state index < -0.39 is 17.5 Å². The Morgan fingerprint density at radius 2 is 1.82 bits per heavy atom. The third-order valence-electron chi connectivity index (χ3n) is 2.76. The fraction of sp³-hybridized carbons (Fsp3) is 0.455. The van der Waals surface area contributed by atoms with Crippen molar-refractivity contribution in [3.63, 3.8) is 0 Å². The van der Waals surface area contributed by atoms with Crippen LogP contribution in [0.4, 0.5) is 13.2 Å². The molecule has 1 unspecified atom stereocenters. The highest BCUT2D eigenvalue weighted by Gasteiger charge is 2.20. The van der Waals surface area contributed by atoms with E-state index in [2.05, 4.69) is 0 Å². The highest BCUT2D eigenvalue weighted by molar-refractivity contribution is 5.85. The molecule has 1 aromatic rings. The number of halogens is 4. The van der Waals surface area contributed by atoms with Gasteiger partial charge in [-0.3, -0.25) is 4.90 Å². The molecule has 2 N–H and O–H groups in total. The quantitative estimate of drug-likeness (QED) is 0.831. The summed E-state index contributed by atoms with van der Waals surface area (Å²) >= 11 is 0. The molecule has 0 aliphatic carbocycles. The number of hydrogen-bond acceptors (Lipinski definition) is 2. The van der Waals surface area contributed by atoms with Crippen LogP contribution in [0.25, 0.3) is 0 Å². The molecule has 1 aromatic carbocycles. The lowest BCUT2D eigenvalue weighted by molar-refractivity contribution is 0.324. The van der Waals surface area contributed by atoms with E-state index in [4.69, 9.17) is 5.73 Å². The third kappa shape index (κ3) is 3.34. The van der Waals surface area contributed by atoms with Gasteiger partial charge in [-0.1, -0.05) is 0 Å². The van der Waals surface area contributed by atoms with Crippen molar-refractivity contribution in [2.24, 2.45) is 5.73 Å². The molecule has 6 heteroatoms. The molecule has 0 spiro atoms. The topological polar surface area (TPSA) is 29.3 Å². The number of nitrogens with zero attached hydrogens (tertiary/aromatic N) is 1. The summed E-state index contributed by atoms with van der Waals surface area (Å²) in [6, 6.07) is 2.18. The number of likely N-dealkylation sites (tertiary alicyclic amines) is 1. The van der Waals surface area contributed by atoms with Crippen LogP contribution in [0.1, 0.15) is 12.0 Å². The van der Waals surface area contributed by atoms with E-state index in [-0.39, 0.29) is 18.4 Å². The average molecular weight is 267 g/mol. The molecule has 96 valence electrons. The van der Waals surface area contributed by atoms with Gasteiger partial charge in [-0.2, -0.15) is 0 Å². The zero-order chi connectivity index (χ0) is 11.7. The number of hydrogen-bond donors (Lipinski definition) is 1. The molecule has 0 aromatic heterocycles. The molecule has 1 saturated heterocycles. The summed E-state index contributed by atoms with van der Waals surface area (Å²) in [4.78, 5) is 2.00. The Bertz CT molecular complexity index is 377. The average Bonchev–Trinajstić information content (AvgIpc) is 2.60. The van der Waals surface area contributed by atoms with Crippen molar-refractivity contribution < 1.29 is 13.2 Å². The minimum atomic E-state index is -1.41. The van der Waals surface area contributed by atoms with Crippen LogP contribution in [0.5, 0.6) is 0 Å². The Kier molecular flexibility index (Phi) is 4.80. The van der Waals surface area contributed by atoms with Crippen LogP contribution in [-0.4, -0.2) is 24.0 Å². The van der Waals surface area contributed by atoms with Gasteiger partial charge in [-0.15, -0.1) is 12.4 Å². The summed E-state index contributed by atoms with van der Waals surface area (Å²) in [5.74, 6) is -3.70. The van der Waals surface area contributed by atoms with Gasteiger partial charge in [0.2, 0.25) is 0 Å². The zero-order valence-electron chi connectivity index (χ0n) is 9.13. The molecule has 0 bridgehead atoms. The van der Waals surface area contributed by atoms with E-state index in [0.717, 1.165) is 25.1 Å². The third-order valence-corrected chi connectivity index (χ3v) is 2.76. The molecule has 2 rings (SSSR count). The Hall–Kier alpha value is -0.780. The minimum absolute atomic E-state index is 0. The van der Waals surface area contributed by atoms with Crippen molar-refractivity contribution in [2.75, 3.05) is 13.1 Å². The molecule has 1 aliphatic heterocycles. The maximum atomic E-state index is 12.9. The van der Waals surface area contributed by atoms with Crippen molar-refractivity contribution in [2.45, 2.75) is 19.0 Å². The normalized spacial score (nSPS) is 20.4. The van der Waals surface area contributed by atoms with Crippen molar-refractivity contribution in [3.05, 3.63) is 35.1 Å². The second kappa shape index (κ2) is 5.71. The maximum absolute atomic E-state index is 12.9. The van der Waals surface area contributed by atoms with Crippen LogP contribution in [0.3, 0.4) is 0 Å². The van der Waals surface area contributed by atoms with Crippen LogP contribution >= 0.6 is 12.4 Å². The van der Waals surface area contributed by atoms with Gasteiger partial charge in [0.05, 0.1) is 0 Å². The second-order valence-corrected chi connectivity index (χ2v) is 4.16. The van der Waals surface area contributed by atoms with E-state index >= 15 is 0 Å². The van der Waals surface area contributed by atoms with Crippen LogP contribution in [0.2, 0.25) is 0 Å². The first-order valence-electron chi connectivity index (χ1n) is 5.17. The molecule has 17 heavy (non-hydrogen) atoms. The fourth-order valence-electron chi connectivity index (χ4n) is 1.96. The Morgan fingerprint density at radius 3 is 2.29 bits per heavy atom. The number of nitrogens with two attached hydrogens (primary N) is 1. The van der Waals surface area contributed by atoms with Crippen LogP contribution in [0, 0.1) is 17.5 Å². The van der Waals surface area contributed by atoms with Crippen molar-refractivity contribution in [1.82, 2.24) is 4.90 Å². The van der Waals surface area contributed by atoms with Gasteiger partial charge in [-0.05, 0) is 24.1 Å². The molecule has 0 amide bonds. The Labute approximate surface area is 104 Å². The predicted molar refractivity (Wildman–Crippen MR) is 61.4 cm³/mol. The van der Waals surface area contributed by atoms with E-state index in [0.29, 0.717) is 18.7 Å². The molecule has 1 atom stereocenters. The van der Waals surface area contributed by atoms with Crippen LogP contribution < -0.4 is 5.73 Å². The maximum Gasteiger partial charge on any atom is 0.194 e. The first-order valence-corrected chi connectivity index (χ1v) is 5.17. The summed E-state index contributed by atoms with van der Waals surface area (Å²) in [6.07, 6.45) is 0.881. The molecule has 1 heterocycles. The van der Waals surface area contributed by atoms with E-state index in [9.17, 15) is 13.2 Å². The van der Waals surface area contributed by atoms with Crippen LogP contribution in [0.15, 0.2) is 12.1 Å². The summed E-state index contributed by atoms with van der Waals surface area (Å²) in [5, 5.41) is 0. The van der Waals surface area contributed by atoms with Crippen molar-refractivity contribution in [1.29, 1.82) is 0 Å². The largest absolute Gasteiger partial charge is 0.326 e. The Morgan fingerprint density at radius 1 is 1.24 bits per heavy atom. The van der Waals surface area contributed by atoms with Gasteiger partial charge in [-0.25, -0.2) is 13.2 Å². The van der Waals surface area contributed by atoms with E-state index in [1.54, 1.807) is 0 Å². The van der Waals surface area contributed by atoms with Gasteiger partial charge in [0.1, 0.15) is 0 Å². The molecule has 1 fully saturated rings. The first-order chi connectivity index (χ1) is 7.56. The smallest absolute Gasteiger partial charge is 0.194 e. The molecule has 0 radical (unpaired) electrons. The summed E-state index contributed by atoms with van der Waals surface area (Å²) in [7, 11) is 0. The lowest BCUT2D eigenvalue weighted by Gasteiger charge is -2.15. The predicted octanol–water partition coefficient (Wildman–Crippen LogP) is 2.06.